The van der Waals surface area contributed by atoms with Crippen molar-refractivity contribution in [3.63, 3.8) is 0 Å². The first-order chi connectivity index (χ1) is 13.2. The highest BCUT2D eigenvalue weighted by atomic mass is 33.1. The molecule has 3 rings (SSSR count). The van der Waals surface area contributed by atoms with Crippen LogP contribution >= 0.6 is 29.6 Å². The Morgan fingerprint density at radius 1 is 1.19 bits per heavy atom. The van der Waals surface area contributed by atoms with Crippen LogP contribution < -0.4 is 4.74 Å². The summed E-state index contributed by atoms with van der Waals surface area (Å²) in [5.74, 6) is 1.11. The maximum Gasteiger partial charge on any atom is 0.338 e. The van der Waals surface area contributed by atoms with Gasteiger partial charge in [0.05, 0.1) is 36.5 Å². The highest BCUT2D eigenvalue weighted by Gasteiger charge is 2.19. The number of benzene rings is 1. The molecule has 1 aromatic carbocycles. The van der Waals surface area contributed by atoms with E-state index in [1.54, 1.807) is 24.3 Å². The van der Waals surface area contributed by atoms with Crippen LogP contribution in [0.3, 0.4) is 0 Å². The number of ether oxygens (including phenoxy) is 3. The number of hydrogen-bond donors (Lipinski definition) is 1. The van der Waals surface area contributed by atoms with Gasteiger partial charge in [-0.15, -0.1) is 0 Å². The van der Waals surface area contributed by atoms with Gasteiger partial charge in [0.25, 0.3) is 0 Å². The number of esters is 1. The summed E-state index contributed by atoms with van der Waals surface area (Å²) in [7, 11) is 0. The quantitative estimate of drug-likeness (QED) is 0.232. The van der Waals surface area contributed by atoms with Gasteiger partial charge in [-0.3, -0.25) is 0 Å². The van der Waals surface area contributed by atoms with Crippen molar-refractivity contribution in [1.29, 1.82) is 0 Å². The monoisotopic (exact) mass is 432 g/mol. The zero-order chi connectivity index (χ0) is 18.9. The van der Waals surface area contributed by atoms with Crippen molar-refractivity contribution in [1.82, 2.24) is 0 Å². The van der Waals surface area contributed by atoms with Crippen molar-refractivity contribution in [3.8, 4) is 5.75 Å². The van der Waals surface area contributed by atoms with Crippen molar-refractivity contribution in [2.45, 2.75) is 38.2 Å². The molecular weight excluding hydrogens is 407 g/mol. The molecule has 0 radical (unpaired) electrons. The van der Waals surface area contributed by atoms with Gasteiger partial charge < -0.3 is 23.3 Å². The Hall–Kier alpha value is -0.500. The fourth-order valence-electron chi connectivity index (χ4n) is 2.72. The van der Waals surface area contributed by atoms with Crippen LogP contribution in [-0.2, 0) is 13.7 Å². The minimum Gasteiger partial charge on any atom is -0.493 e. The maximum atomic E-state index is 12.0. The molecule has 2 fully saturated rings. The summed E-state index contributed by atoms with van der Waals surface area (Å²) >= 11 is 2.18. The first-order valence-electron chi connectivity index (χ1n) is 9.14. The molecule has 1 aromatic rings. The molecule has 0 amide bonds. The van der Waals surface area contributed by atoms with Crippen molar-refractivity contribution in [3.05, 3.63) is 29.8 Å². The molecule has 1 saturated heterocycles. The van der Waals surface area contributed by atoms with Crippen LogP contribution in [-0.4, -0.2) is 42.7 Å². The molecule has 2 aliphatic rings. The van der Waals surface area contributed by atoms with Crippen LogP contribution in [0.4, 0.5) is 0 Å². The molecule has 9 heteroatoms. The van der Waals surface area contributed by atoms with Crippen molar-refractivity contribution in [2.75, 3.05) is 25.8 Å². The van der Waals surface area contributed by atoms with Crippen LogP contribution in [0.25, 0.3) is 0 Å². The summed E-state index contributed by atoms with van der Waals surface area (Å²) in [6.45, 7) is 0.543. The Balaban J connectivity index is 1.27. The van der Waals surface area contributed by atoms with Gasteiger partial charge >= 0.3 is 5.97 Å². The highest BCUT2D eigenvalue weighted by molar-refractivity contribution is 8.85. The van der Waals surface area contributed by atoms with E-state index in [2.05, 4.69) is 0 Å². The van der Waals surface area contributed by atoms with Crippen molar-refractivity contribution >= 4 is 35.6 Å². The van der Waals surface area contributed by atoms with E-state index in [0.717, 1.165) is 54.8 Å². The summed E-state index contributed by atoms with van der Waals surface area (Å²) in [6, 6.07) is 6.97. The zero-order valence-corrected chi connectivity index (χ0v) is 17.6. The fourth-order valence-corrected chi connectivity index (χ4v) is 5.49. The largest absolute Gasteiger partial charge is 0.493 e. The van der Waals surface area contributed by atoms with Gasteiger partial charge in [-0.05, 0) is 55.9 Å². The van der Waals surface area contributed by atoms with Gasteiger partial charge in [-0.2, -0.15) is 0 Å². The summed E-state index contributed by atoms with van der Waals surface area (Å²) < 4.78 is 21.7. The second-order valence-electron chi connectivity index (χ2n) is 6.54. The highest BCUT2D eigenvalue weighted by Crippen LogP contribution is 2.57. The molecule has 2 atom stereocenters. The third-order valence-corrected chi connectivity index (χ3v) is 8.54. The topological polar surface area (TPSA) is 74.2 Å². The van der Waals surface area contributed by atoms with Gasteiger partial charge in [-0.1, -0.05) is 17.8 Å². The predicted molar refractivity (Wildman–Crippen MR) is 109 cm³/mol. The van der Waals surface area contributed by atoms with E-state index in [1.807, 2.05) is 0 Å². The predicted octanol–water partition coefficient (Wildman–Crippen LogP) is 4.78. The van der Waals surface area contributed by atoms with E-state index in [4.69, 9.17) is 18.4 Å². The van der Waals surface area contributed by atoms with Gasteiger partial charge in [-0.25, -0.2) is 4.79 Å². The Kier molecular flexibility index (Phi) is 9.03. The number of rotatable bonds is 11. The molecule has 1 heterocycles. The third-order valence-electron chi connectivity index (χ3n) is 4.55. The lowest BCUT2D eigenvalue weighted by Gasteiger charge is -2.25. The Bertz CT molecular complexity index is 578. The molecular formula is C18H25O6PS2. The molecule has 150 valence electrons. The standard InChI is InChI=1S/C18H25O6PS2/c19-18(15-6-8-16(9-7-15)22-11-14-3-1-4-14)23-13-26-25(20)27-24-12-17-5-2-10-21-17/h6-9,14,17,20H,1-5,10-13H2. The maximum absolute atomic E-state index is 12.0. The average molecular weight is 433 g/mol. The van der Waals surface area contributed by atoms with E-state index < -0.39 is 12.5 Å². The minimum atomic E-state index is -1.45. The molecule has 0 spiro atoms. The Morgan fingerprint density at radius 2 is 2.00 bits per heavy atom. The second-order valence-corrected chi connectivity index (χ2v) is 11.9. The molecule has 0 aromatic heterocycles. The van der Waals surface area contributed by atoms with Gasteiger partial charge in [0.15, 0.2) is 6.55 Å². The molecule has 1 aliphatic carbocycles. The molecule has 2 unspecified atom stereocenters. The zero-order valence-electron chi connectivity index (χ0n) is 15.1. The normalized spacial score (nSPS) is 20.9. The lowest BCUT2D eigenvalue weighted by Crippen LogP contribution is -2.19. The van der Waals surface area contributed by atoms with Crippen LogP contribution in [0.5, 0.6) is 5.75 Å². The van der Waals surface area contributed by atoms with E-state index in [1.165, 1.54) is 19.3 Å². The first kappa shape index (κ1) is 21.2. The number of hydrogen-bond acceptors (Lipinski definition) is 8. The molecule has 1 aliphatic heterocycles. The first-order valence-corrected chi connectivity index (χ1v) is 13.4. The Morgan fingerprint density at radius 3 is 2.67 bits per heavy atom. The van der Waals surface area contributed by atoms with Crippen LogP contribution in [0.1, 0.15) is 42.5 Å². The molecule has 27 heavy (non-hydrogen) atoms. The Labute approximate surface area is 169 Å². The van der Waals surface area contributed by atoms with Gasteiger partial charge in [0, 0.05) is 6.61 Å². The minimum absolute atomic E-state index is 0.0806. The lowest BCUT2D eigenvalue weighted by atomic mass is 9.86. The SMILES string of the molecule is O=C(OCSP(O)SOCC1CCCO1)c1ccc(OCC2CCC2)cc1. The smallest absolute Gasteiger partial charge is 0.338 e. The van der Waals surface area contributed by atoms with Gasteiger partial charge in [0.2, 0.25) is 0 Å². The van der Waals surface area contributed by atoms with Crippen LogP contribution in [0, 0.1) is 5.92 Å². The van der Waals surface area contributed by atoms with E-state index in [9.17, 15) is 9.69 Å². The number of carbonyl (C=O) groups excluding carboxylic acids is 1. The molecule has 1 saturated carbocycles. The lowest BCUT2D eigenvalue weighted by molar-refractivity contribution is 0.0580. The molecule has 0 bridgehead atoms. The fraction of sp³-hybridized carbons (Fsp3) is 0.611. The van der Waals surface area contributed by atoms with Crippen molar-refractivity contribution < 1.29 is 28.1 Å². The van der Waals surface area contributed by atoms with Crippen LogP contribution in [0.15, 0.2) is 24.3 Å². The van der Waals surface area contributed by atoms with E-state index >= 15 is 0 Å². The molecule has 1 N–H and O–H groups in total. The van der Waals surface area contributed by atoms with E-state index in [0.29, 0.717) is 18.1 Å². The second kappa shape index (κ2) is 11.5. The summed E-state index contributed by atoms with van der Waals surface area (Å²) in [4.78, 5) is 21.9. The van der Waals surface area contributed by atoms with Gasteiger partial charge in [0.1, 0.15) is 11.7 Å². The number of carbonyl (C=O) groups is 1. The van der Waals surface area contributed by atoms with E-state index in [-0.39, 0.29) is 12.0 Å². The average Bonchev–Trinajstić information content (AvgIpc) is 3.14. The third kappa shape index (κ3) is 7.44. The summed E-state index contributed by atoms with van der Waals surface area (Å²) in [5.41, 5.74) is 0.469. The summed E-state index contributed by atoms with van der Waals surface area (Å²) in [6.07, 6.45) is 5.97. The van der Waals surface area contributed by atoms with Crippen molar-refractivity contribution in [2.24, 2.45) is 5.92 Å². The molecule has 6 nitrogen and oxygen atoms in total. The summed E-state index contributed by atoms with van der Waals surface area (Å²) in [5, 5.41) is 0. The van der Waals surface area contributed by atoms with Crippen LogP contribution in [0.2, 0.25) is 0 Å².